The average molecular weight is 198 g/mol. The first-order chi connectivity index (χ1) is 6.33. The molecule has 13 heavy (non-hydrogen) atoms. The van der Waals surface area contributed by atoms with E-state index < -0.39 is 0 Å². The first-order valence-electron chi connectivity index (χ1n) is 4.79. The third kappa shape index (κ3) is 4.41. The molecule has 0 aromatic carbocycles. The zero-order valence-electron chi connectivity index (χ0n) is 8.18. The SMILES string of the molecule is Cc1ccc(CNCCCCN)s1. The third-order valence-corrected chi connectivity index (χ3v) is 2.90. The zero-order valence-corrected chi connectivity index (χ0v) is 8.99. The summed E-state index contributed by atoms with van der Waals surface area (Å²) in [5.41, 5.74) is 5.40. The molecule has 74 valence electrons. The highest BCUT2D eigenvalue weighted by atomic mass is 32.1. The lowest BCUT2D eigenvalue weighted by Gasteiger charge is -2.01. The van der Waals surface area contributed by atoms with Crippen LogP contribution < -0.4 is 11.1 Å². The van der Waals surface area contributed by atoms with Crippen LogP contribution in [0.5, 0.6) is 0 Å². The van der Waals surface area contributed by atoms with Crippen LogP contribution >= 0.6 is 11.3 Å². The molecule has 1 rings (SSSR count). The van der Waals surface area contributed by atoms with Crippen LogP contribution in [-0.2, 0) is 6.54 Å². The van der Waals surface area contributed by atoms with Crippen molar-refractivity contribution in [2.75, 3.05) is 13.1 Å². The van der Waals surface area contributed by atoms with E-state index in [9.17, 15) is 0 Å². The van der Waals surface area contributed by atoms with Gasteiger partial charge in [0.05, 0.1) is 0 Å². The number of aryl methyl sites for hydroxylation is 1. The van der Waals surface area contributed by atoms with Crippen molar-refractivity contribution >= 4 is 11.3 Å². The predicted octanol–water partition coefficient (Wildman–Crippen LogP) is 1.89. The lowest BCUT2D eigenvalue weighted by atomic mass is 10.3. The van der Waals surface area contributed by atoms with E-state index in [1.807, 2.05) is 11.3 Å². The maximum absolute atomic E-state index is 5.40. The molecule has 0 aliphatic heterocycles. The summed E-state index contributed by atoms with van der Waals surface area (Å²) < 4.78 is 0. The van der Waals surface area contributed by atoms with E-state index in [-0.39, 0.29) is 0 Å². The Hall–Kier alpha value is -0.380. The number of rotatable bonds is 6. The smallest absolute Gasteiger partial charge is 0.0299 e. The summed E-state index contributed by atoms with van der Waals surface area (Å²) in [5.74, 6) is 0. The second kappa shape index (κ2) is 6.13. The fraction of sp³-hybridized carbons (Fsp3) is 0.600. The van der Waals surface area contributed by atoms with Crippen molar-refractivity contribution in [1.29, 1.82) is 0 Å². The molecule has 0 unspecified atom stereocenters. The molecule has 0 saturated heterocycles. The Morgan fingerprint density at radius 2 is 2.23 bits per heavy atom. The minimum Gasteiger partial charge on any atom is -0.330 e. The summed E-state index contributed by atoms with van der Waals surface area (Å²) in [7, 11) is 0. The summed E-state index contributed by atoms with van der Waals surface area (Å²) in [6.45, 7) is 5.03. The van der Waals surface area contributed by atoms with E-state index in [4.69, 9.17) is 5.73 Å². The highest BCUT2D eigenvalue weighted by Gasteiger charge is 1.94. The van der Waals surface area contributed by atoms with Gasteiger partial charge >= 0.3 is 0 Å². The van der Waals surface area contributed by atoms with E-state index in [2.05, 4.69) is 24.4 Å². The quantitative estimate of drug-likeness (QED) is 0.685. The molecular formula is C10H18N2S. The fourth-order valence-corrected chi connectivity index (χ4v) is 2.05. The number of unbranched alkanes of at least 4 members (excludes halogenated alkanes) is 1. The van der Waals surface area contributed by atoms with Crippen molar-refractivity contribution in [3.05, 3.63) is 21.9 Å². The van der Waals surface area contributed by atoms with Crippen LogP contribution in [0.25, 0.3) is 0 Å². The number of nitrogens with two attached hydrogens (primary N) is 1. The summed E-state index contributed by atoms with van der Waals surface area (Å²) in [6, 6.07) is 4.36. The average Bonchev–Trinajstić information content (AvgIpc) is 2.51. The van der Waals surface area contributed by atoms with Crippen LogP contribution in [0.4, 0.5) is 0 Å². The maximum Gasteiger partial charge on any atom is 0.0299 e. The fourth-order valence-electron chi connectivity index (χ4n) is 1.19. The molecule has 0 radical (unpaired) electrons. The molecule has 0 aliphatic rings. The largest absolute Gasteiger partial charge is 0.330 e. The van der Waals surface area contributed by atoms with E-state index in [1.165, 1.54) is 16.2 Å². The van der Waals surface area contributed by atoms with E-state index >= 15 is 0 Å². The molecule has 0 amide bonds. The van der Waals surface area contributed by atoms with E-state index in [0.29, 0.717) is 0 Å². The Bertz CT molecular complexity index is 233. The molecule has 0 bridgehead atoms. The van der Waals surface area contributed by atoms with Gasteiger partial charge in [-0.3, -0.25) is 0 Å². The number of thiophene rings is 1. The van der Waals surface area contributed by atoms with Gasteiger partial charge in [-0.05, 0) is 45.0 Å². The minimum atomic E-state index is 0.805. The standard InChI is InChI=1S/C10H18N2S/c1-9-4-5-10(13-9)8-12-7-3-2-6-11/h4-5,12H,2-3,6-8,11H2,1H3. The highest BCUT2D eigenvalue weighted by Crippen LogP contribution is 2.14. The summed E-state index contributed by atoms with van der Waals surface area (Å²) in [6.07, 6.45) is 2.30. The Morgan fingerprint density at radius 3 is 2.85 bits per heavy atom. The van der Waals surface area contributed by atoms with Gasteiger partial charge in [-0.1, -0.05) is 0 Å². The minimum absolute atomic E-state index is 0.805. The summed E-state index contributed by atoms with van der Waals surface area (Å²) >= 11 is 1.86. The topological polar surface area (TPSA) is 38.0 Å². The van der Waals surface area contributed by atoms with Gasteiger partial charge in [-0.15, -0.1) is 11.3 Å². The van der Waals surface area contributed by atoms with Gasteiger partial charge in [0.1, 0.15) is 0 Å². The summed E-state index contributed by atoms with van der Waals surface area (Å²) in [4.78, 5) is 2.81. The first-order valence-corrected chi connectivity index (χ1v) is 5.60. The number of hydrogen-bond acceptors (Lipinski definition) is 3. The molecular weight excluding hydrogens is 180 g/mol. The molecule has 3 N–H and O–H groups in total. The predicted molar refractivity (Wildman–Crippen MR) is 59.1 cm³/mol. The Morgan fingerprint density at radius 1 is 1.38 bits per heavy atom. The summed E-state index contributed by atoms with van der Waals surface area (Å²) in [5, 5.41) is 3.40. The van der Waals surface area contributed by atoms with Crippen molar-refractivity contribution in [2.45, 2.75) is 26.3 Å². The number of hydrogen-bond donors (Lipinski definition) is 2. The first kappa shape index (κ1) is 10.7. The normalized spacial score (nSPS) is 10.6. The molecule has 0 saturated carbocycles. The molecule has 1 aromatic heterocycles. The molecule has 3 heteroatoms. The molecule has 0 aliphatic carbocycles. The van der Waals surface area contributed by atoms with Gasteiger partial charge < -0.3 is 11.1 Å². The van der Waals surface area contributed by atoms with Crippen molar-refractivity contribution in [1.82, 2.24) is 5.32 Å². The van der Waals surface area contributed by atoms with Crippen LogP contribution in [0.3, 0.4) is 0 Å². The van der Waals surface area contributed by atoms with Crippen LogP contribution in [0, 0.1) is 6.92 Å². The second-order valence-electron chi connectivity index (χ2n) is 3.18. The Kier molecular flexibility index (Phi) is 5.05. The van der Waals surface area contributed by atoms with Gasteiger partial charge in [0, 0.05) is 16.3 Å². The lowest BCUT2D eigenvalue weighted by Crippen LogP contribution is -2.15. The Balaban J connectivity index is 2.06. The monoisotopic (exact) mass is 198 g/mol. The van der Waals surface area contributed by atoms with Crippen LogP contribution in [0.1, 0.15) is 22.6 Å². The maximum atomic E-state index is 5.40. The van der Waals surface area contributed by atoms with Crippen molar-refractivity contribution in [3.8, 4) is 0 Å². The van der Waals surface area contributed by atoms with Crippen LogP contribution in [0.2, 0.25) is 0 Å². The van der Waals surface area contributed by atoms with Gasteiger partial charge in [0.15, 0.2) is 0 Å². The van der Waals surface area contributed by atoms with Crippen LogP contribution in [0.15, 0.2) is 12.1 Å². The van der Waals surface area contributed by atoms with Crippen LogP contribution in [-0.4, -0.2) is 13.1 Å². The molecule has 1 heterocycles. The second-order valence-corrected chi connectivity index (χ2v) is 4.56. The van der Waals surface area contributed by atoms with Crippen molar-refractivity contribution in [3.63, 3.8) is 0 Å². The molecule has 0 fully saturated rings. The molecule has 1 aromatic rings. The molecule has 0 spiro atoms. The van der Waals surface area contributed by atoms with Gasteiger partial charge in [-0.25, -0.2) is 0 Å². The zero-order chi connectivity index (χ0) is 9.52. The van der Waals surface area contributed by atoms with E-state index in [1.54, 1.807) is 0 Å². The van der Waals surface area contributed by atoms with Crippen molar-refractivity contribution in [2.24, 2.45) is 5.73 Å². The molecule has 2 nitrogen and oxygen atoms in total. The third-order valence-electron chi connectivity index (χ3n) is 1.90. The Labute approximate surface area is 84.2 Å². The van der Waals surface area contributed by atoms with E-state index in [0.717, 1.165) is 26.1 Å². The van der Waals surface area contributed by atoms with Gasteiger partial charge in [0.2, 0.25) is 0 Å². The van der Waals surface area contributed by atoms with Gasteiger partial charge in [-0.2, -0.15) is 0 Å². The van der Waals surface area contributed by atoms with Gasteiger partial charge in [0.25, 0.3) is 0 Å². The highest BCUT2D eigenvalue weighted by molar-refractivity contribution is 7.11. The lowest BCUT2D eigenvalue weighted by molar-refractivity contribution is 0.631. The molecule has 0 atom stereocenters. The van der Waals surface area contributed by atoms with Crippen molar-refractivity contribution < 1.29 is 0 Å². The number of nitrogens with one attached hydrogen (secondary N) is 1.